The van der Waals surface area contributed by atoms with Gasteiger partial charge in [-0.2, -0.15) is 4.31 Å². The summed E-state index contributed by atoms with van der Waals surface area (Å²) in [7, 11) is -1.96. The second kappa shape index (κ2) is 7.36. The van der Waals surface area contributed by atoms with Crippen molar-refractivity contribution < 1.29 is 13.2 Å². The number of rotatable bonds is 6. The van der Waals surface area contributed by atoms with E-state index in [0.717, 1.165) is 22.4 Å². The topological polar surface area (TPSA) is 46.6 Å². The third-order valence-electron chi connectivity index (χ3n) is 4.40. The van der Waals surface area contributed by atoms with Crippen LogP contribution in [0.3, 0.4) is 0 Å². The van der Waals surface area contributed by atoms with Gasteiger partial charge in [-0.05, 0) is 61.7 Å². The maximum Gasteiger partial charge on any atom is 0.243 e. The number of benzene rings is 2. The zero-order valence-electron chi connectivity index (χ0n) is 14.9. The highest BCUT2D eigenvalue weighted by Crippen LogP contribution is 2.29. The lowest BCUT2D eigenvalue weighted by molar-refractivity contribution is 0.354. The molecular weight excluding hydrogens is 322 g/mol. The van der Waals surface area contributed by atoms with E-state index in [1.807, 2.05) is 58.0 Å². The molecule has 4 nitrogen and oxygen atoms in total. The molecule has 130 valence electrons. The van der Waals surface area contributed by atoms with E-state index in [4.69, 9.17) is 4.74 Å². The molecule has 0 aromatic heterocycles. The van der Waals surface area contributed by atoms with Crippen LogP contribution >= 0.6 is 0 Å². The van der Waals surface area contributed by atoms with Crippen LogP contribution in [0.15, 0.2) is 47.4 Å². The predicted molar refractivity (Wildman–Crippen MR) is 96.9 cm³/mol. The fraction of sp³-hybridized carbons (Fsp3) is 0.368. The van der Waals surface area contributed by atoms with Crippen LogP contribution in [0.25, 0.3) is 0 Å². The van der Waals surface area contributed by atoms with Crippen molar-refractivity contribution >= 4 is 10.0 Å². The predicted octanol–water partition coefficient (Wildman–Crippen LogP) is 4.08. The Morgan fingerprint density at radius 3 is 2.38 bits per heavy atom. The van der Waals surface area contributed by atoms with E-state index in [1.54, 1.807) is 19.2 Å². The minimum absolute atomic E-state index is 0.281. The Labute approximate surface area is 145 Å². The van der Waals surface area contributed by atoms with Gasteiger partial charge in [-0.1, -0.05) is 25.1 Å². The number of nitrogens with zero attached hydrogens (tertiary/aromatic N) is 1. The van der Waals surface area contributed by atoms with Crippen LogP contribution in [-0.4, -0.2) is 26.4 Å². The molecule has 0 aliphatic rings. The Bertz CT molecular complexity index is 815. The molecule has 2 rings (SSSR count). The van der Waals surface area contributed by atoms with E-state index in [1.165, 1.54) is 4.31 Å². The first kappa shape index (κ1) is 18.5. The summed E-state index contributed by atoms with van der Waals surface area (Å²) in [6, 6.07) is 12.5. The average Bonchev–Trinajstić information content (AvgIpc) is 2.57. The lowest BCUT2D eigenvalue weighted by Crippen LogP contribution is -2.33. The quantitative estimate of drug-likeness (QED) is 0.791. The standard InChI is InChI=1S/C19H25NO3S/c1-6-20(16(4)17-8-7-9-18(13-17)23-5)24(21,22)19-11-10-14(2)15(3)12-19/h7-13,16H,6H2,1-5H3/t16-/m0/s1. The third-order valence-corrected chi connectivity index (χ3v) is 6.45. The van der Waals surface area contributed by atoms with Gasteiger partial charge in [0.25, 0.3) is 0 Å². The van der Waals surface area contributed by atoms with Crippen molar-refractivity contribution in [1.82, 2.24) is 4.31 Å². The Morgan fingerprint density at radius 2 is 1.79 bits per heavy atom. The number of methoxy groups -OCH3 is 1. The first-order valence-corrected chi connectivity index (χ1v) is 9.48. The highest BCUT2D eigenvalue weighted by molar-refractivity contribution is 7.89. The van der Waals surface area contributed by atoms with E-state index in [9.17, 15) is 8.42 Å². The summed E-state index contributed by atoms with van der Waals surface area (Å²) < 4.78 is 33.0. The lowest BCUT2D eigenvalue weighted by atomic mass is 10.1. The van der Waals surface area contributed by atoms with Crippen LogP contribution in [0.1, 0.15) is 36.6 Å². The zero-order valence-corrected chi connectivity index (χ0v) is 15.7. The monoisotopic (exact) mass is 347 g/mol. The normalized spacial score (nSPS) is 13.1. The molecule has 0 saturated heterocycles. The summed E-state index contributed by atoms with van der Waals surface area (Å²) >= 11 is 0. The minimum atomic E-state index is -3.56. The van der Waals surface area contributed by atoms with Crippen molar-refractivity contribution in [1.29, 1.82) is 0 Å². The second-order valence-electron chi connectivity index (χ2n) is 5.91. The molecule has 0 bridgehead atoms. The second-order valence-corrected chi connectivity index (χ2v) is 7.80. The summed E-state index contributed by atoms with van der Waals surface area (Å²) in [5.74, 6) is 0.721. The fourth-order valence-corrected chi connectivity index (χ4v) is 4.44. The fourth-order valence-electron chi connectivity index (χ4n) is 2.73. The van der Waals surface area contributed by atoms with Crippen molar-refractivity contribution in [2.24, 2.45) is 0 Å². The SMILES string of the molecule is CCN([C@@H](C)c1cccc(OC)c1)S(=O)(=O)c1ccc(C)c(C)c1. The molecule has 0 saturated carbocycles. The van der Waals surface area contributed by atoms with Gasteiger partial charge >= 0.3 is 0 Å². The molecule has 2 aromatic carbocycles. The van der Waals surface area contributed by atoms with Crippen molar-refractivity contribution in [3.8, 4) is 5.75 Å². The molecule has 0 fully saturated rings. The van der Waals surface area contributed by atoms with Gasteiger partial charge in [0.1, 0.15) is 5.75 Å². The molecule has 1 atom stereocenters. The van der Waals surface area contributed by atoms with Gasteiger partial charge in [-0.3, -0.25) is 0 Å². The molecular formula is C19H25NO3S. The Kier molecular flexibility index (Phi) is 5.67. The maximum atomic E-state index is 13.1. The van der Waals surface area contributed by atoms with Crippen LogP contribution in [0.5, 0.6) is 5.75 Å². The molecule has 0 heterocycles. The van der Waals surface area contributed by atoms with E-state index >= 15 is 0 Å². The molecule has 2 aromatic rings. The smallest absolute Gasteiger partial charge is 0.243 e. The molecule has 0 spiro atoms. The van der Waals surface area contributed by atoms with E-state index in [2.05, 4.69) is 0 Å². The molecule has 0 radical (unpaired) electrons. The van der Waals surface area contributed by atoms with Crippen LogP contribution in [-0.2, 0) is 10.0 Å². The van der Waals surface area contributed by atoms with Crippen molar-refractivity contribution in [2.75, 3.05) is 13.7 Å². The highest BCUT2D eigenvalue weighted by atomic mass is 32.2. The summed E-state index contributed by atoms with van der Waals surface area (Å²) in [5.41, 5.74) is 2.96. The third kappa shape index (κ3) is 3.62. The minimum Gasteiger partial charge on any atom is -0.497 e. The van der Waals surface area contributed by atoms with Gasteiger partial charge in [0.2, 0.25) is 10.0 Å². The number of sulfonamides is 1. The Balaban J connectivity index is 2.43. The molecule has 0 amide bonds. The number of hydrogen-bond donors (Lipinski definition) is 0. The molecule has 24 heavy (non-hydrogen) atoms. The van der Waals surface area contributed by atoms with E-state index < -0.39 is 10.0 Å². The Morgan fingerprint density at radius 1 is 1.08 bits per heavy atom. The van der Waals surface area contributed by atoms with Crippen LogP contribution < -0.4 is 4.74 Å². The van der Waals surface area contributed by atoms with E-state index in [0.29, 0.717) is 11.4 Å². The van der Waals surface area contributed by atoms with Crippen molar-refractivity contribution in [3.63, 3.8) is 0 Å². The molecule has 0 aliphatic heterocycles. The van der Waals surface area contributed by atoms with Gasteiger partial charge < -0.3 is 4.74 Å². The van der Waals surface area contributed by atoms with Crippen molar-refractivity contribution in [3.05, 3.63) is 59.2 Å². The highest BCUT2D eigenvalue weighted by Gasteiger charge is 2.29. The first-order valence-electron chi connectivity index (χ1n) is 8.04. The zero-order chi connectivity index (χ0) is 17.9. The summed E-state index contributed by atoms with van der Waals surface area (Å²) in [6.07, 6.45) is 0. The largest absolute Gasteiger partial charge is 0.497 e. The molecule has 5 heteroatoms. The van der Waals surface area contributed by atoms with Gasteiger partial charge in [-0.25, -0.2) is 8.42 Å². The van der Waals surface area contributed by atoms with Crippen molar-refractivity contribution in [2.45, 2.75) is 38.6 Å². The summed E-state index contributed by atoms with van der Waals surface area (Å²) in [6.45, 7) is 8.05. The van der Waals surface area contributed by atoms with Gasteiger partial charge in [0, 0.05) is 12.6 Å². The number of hydrogen-bond acceptors (Lipinski definition) is 3. The van der Waals surface area contributed by atoms with Gasteiger partial charge in [0.05, 0.1) is 12.0 Å². The van der Waals surface area contributed by atoms with Crippen LogP contribution in [0.4, 0.5) is 0 Å². The average molecular weight is 347 g/mol. The lowest BCUT2D eigenvalue weighted by Gasteiger charge is -2.28. The maximum absolute atomic E-state index is 13.1. The molecule has 0 aliphatic carbocycles. The summed E-state index contributed by atoms with van der Waals surface area (Å²) in [5, 5.41) is 0. The van der Waals surface area contributed by atoms with Crippen LogP contribution in [0.2, 0.25) is 0 Å². The molecule has 0 unspecified atom stereocenters. The van der Waals surface area contributed by atoms with Crippen LogP contribution in [0, 0.1) is 13.8 Å². The summed E-state index contributed by atoms with van der Waals surface area (Å²) in [4.78, 5) is 0.335. The molecule has 0 N–H and O–H groups in total. The van der Waals surface area contributed by atoms with Gasteiger partial charge in [0.15, 0.2) is 0 Å². The van der Waals surface area contributed by atoms with Gasteiger partial charge in [-0.15, -0.1) is 0 Å². The number of aryl methyl sites for hydroxylation is 2. The number of ether oxygens (including phenoxy) is 1. The first-order chi connectivity index (χ1) is 11.3. The van der Waals surface area contributed by atoms with E-state index in [-0.39, 0.29) is 6.04 Å². The Hall–Kier alpha value is -1.85.